The molecule has 114 valence electrons. The van der Waals surface area contributed by atoms with E-state index in [0.717, 1.165) is 42.4 Å². The fourth-order valence-corrected chi connectivity index (χ4v) is 4.01. The van der Waals surface area contributed by atoms with Gasteiger partial charge in [0, 0.05) is 0 Å². The summed E-state index contributed by atoms with van der Waals surface area (Å²) in [6, 6.07) is 11.4. The van der Waals surface area contributed by atoms with Gasteiger partial charge in [-0.3, -0.25) is 0 Å². The van der Waals surface area contributed by atoms with Crippen LogP contribution in [0.4, 0.5) is 0 Å². The predicted octanol–water partition coefficient (Wildman–Crippen LogP) is 4.97. The Bertz CT molecular complexity index is 861. The van der Waals surface area contributed by atoms with Crippen molar-refractivity contribution in [3.8, 4) is 11.1 Å². The number of benzene rings is 2. The van der Waals surface area contributed by atoms with Gasteiger partial charge in [-0.1, -0.05) is 73.2 Å². The van der Waals surface area contributed by atoms with Gasteiger partial charge in [-0.2, -0.15) is 0 Å². The van der Waals surface area contributed by atoms with Crippen molar-refractivity contribution in [3.05, 3.63) is 71.3 Å². The molecule has 2 heteroatoms. The molecule has 0 aliphatic heterocycles. The molecule has 24 heavy (non-hydrogen) atoms. The van der Waals surface area contributed by atoms with Crippen LogP contribution in [-0.4, -0.2) is 15.7 Å². The highest BCUT2D eigenvalue weighted by atomic mass is 14.3. The third kappa shape index (κ3) is 2.40. The van der Waals surface area contributed by atoms with Crippen LogP contribution >= 0.6 is 0 Å². The molecule has 1 unspecified atom stereocenters. The second-order valence-corrected chi connectivity index (χ2v) is 7.02. The standard InChI is InChI=1S/C22H20B2/c1-13(12-23)15-5-7-19-16(9-15)3-4-18-10-20-14(2)22(24)8-6-17(20)11-21(18)19/h5,7,9-11,22H,1-4,6,8,12H2. The first-order chi connectivity index (χ1) is 11.6. The molecule has 0 saturated heterocycles. The minimum atomic E-state index is 0.108. The molecule has 2 aromatic rings. The second-order valence-electron chi connectivity index (χ2n) is 7.02. The minimum absolute atomic E-state index is 0.108. The lowest BCUT2D eigenvalue weighted by Crippen LogP contribution is -2.12. The molecule has 1 atom stereocenters. The van der Waals surface area contributed by atoms with Crippen molar-refractivity contribution in [2.45, 2.75) is 37.8 Å². The van der Waals surface area contributed by atoms with Crippen molar-refractivity contribution < 1.29 is 0 Å². The van der Waals surface area contributed by atoms with Crippen molar-refractivity contribution in [2.24, 2.45) is 0 Å². The quantitative estimate of drug-likeness (QED) is 0.687. The van der Waals surface area contributed by atoms with Crippen LogP contribution in [0.5, 0.6) is 0 Å². The highest BCUT2D eigenvalue weighted by Crippen LogP contribution is 2.42. The van der Waals surface area contributed by atoms with Crippen molar-refractivity contribution in [2.75, 3.05) is 0 Å². The Labute approximate surface area is 147 Å². The third-order valence-corrected chi connectivity index (χ3v) is 5.56. The van der Waals surface area contributed by atoms with Crippen LogP contribution in [0.3, 0.4) is 0 Å². The zero-order valence-corrected chi connectivity index (χ0v) is 14.1. The van der Waals surface area contributed by atoms with E-state index in [2.05, 4.69) is 43.5 Å². The summed E-state index contributed by atoms with van der Waals surface area (Å²) in [5.41, 5.74) is 11.5. The van der Waals surface area contributed by atoms with Crippen LogP contribution in [-0.2, 0) is 19.3 Å². The Morgan fingerprint density at radius 2 is 1.62 bits per heavy atom. The van der Waals surface area contributed by atoms with Crippen LogP contribution < -0.4 is 0 Å². The van der Waals surface area contributed by atoms with Gasteiger partial charge < -0.3 is 0 Å². The summed E-state index contributed by atoms with van der Waals surface area (Å²) in [7, 11) is 11.9. The van der Waals surface area contributed by atoms with Gasteiger partial charge in [0.05, 0.1) is 15.7 Å². The second kappa shape index (κ2) is 5.84. The molecule has 2 aliphatic rings. The number of rotatable bonds is 2. The molecule has 0 fully saturated rings. The summed E-state index contributed by atoms with van der Waals surface area (Å²) in [5, 5.41) is 0. The molecule has 0 N–H and O–H groups in total. The van der Waals surface area contributed by atoms with E-state index in [1.54, 1.807) is 0 Å². The fraction of sp³-hybridized carbons (Fsp3) is 0.273. The molecule has 2 aromatic carbocycles. The topological polar surface area (TPSA) is 0 Å². The third-order valence-electron chi connectivity index (χ3n) is 5.56. The summed E-state index contributed by atoms with van der Waals surface area (Å²) in [4.78, 5) is 0. The van der Waals surface area contributed by atoms with Crippen molar-refractivity contribution in [3.63, 3.8) is 0 Å². The maximum absolute atomic E-state index is 6.19. The molecule has 4 rings (SSSR count). The van der Waals surface area contributed by atoms with Gasteiger partial charge in [-0.25, -0.2) is 0 Å². The Balaban J connectivity index is 1.82. The molecule has 0 spiro atoms. The number of fused-ring (bicyclic) bond motifs is 4. The van der Waals surface area contributed by atoms with E-state index in [9.17, 15) is 0 Å². The van der Waals surface area contributed by atoms with E-state index in [1.807, 2.05) is 0 Å². The van der Waals surface area contributed by atoms with Crippen molar-refractivity contribution in [1.82, 2.24) is 0 Å². The Hall–Kier alpha value is -1.95. The zero-order valence-electron chi connectivity index (χ0n) is 14.1. The average molecular weight is 306 g/mol. The smallest absolute Gasteiger partial charge is 0.0763 e. The highest BCUT2D eigenvalue weighted by molar-refractivity contribution is 6.19. The summed E-state index contributed by atoms with van der Waals surface area (Å²) in [6.45, 7) is 8.29. The highest BCUT2D eigenvalue weighted by Gasteiger charge is 2.23. The van der Waals surface area contributed by atoms with Crippen LogP contribution in [0, 0.1) is 0 Å². The number of aryl methyl sites for hydroxylation is 3. The lowest BCUT2D eigenvalue weighted by Gasteiger charge is -2.29. The maximum Gasteiger partial charge on any atom is 0.0763 e. The van der Waals surface area contributed by atoms with Gasteiger partial charge in [0.2, 0.25) is 0 Å². The maximum atomic E-state index is 6.19. The summed E-state index contributed by atoms with van der Waals surface area (Å²) in [5.74, 6) is 0.108. The number of hydrogen-bond acceptors (Lipinski definition) is 0. The van der Waals surface area contributed by atoms with Gasteiger partial charge >= 0.3 is 0 Å². The average Bonchev–Trinajstić information content (AvgIpc) is 2.62. The van der Waals surface area contributed by atoms with Crippen LogP contribution in [0.2, 0.25) is 12.1 Å². The Morgan fingerprint density at radius 1 is 0.958 bits per heavy atom. The molecule has 0 heterocycles. The first kappa shape index (κ1) is 15.6. The lowest BCUT2D eigenvalue weighted by atomic mass is 9.68. The monoisotopic (exact) mass is 306 g/mol. The molecular formula is C22H20B2. The Morgan fingerprint density at radius 3 is 2.38 bits per heavy atom. The molecule has 0 amide bonds. The van der Waals surface area contributed by atoms with Gasteiger partial charge in [-0.15, -0.1) is 0 Å². The predicted molar refractivity (Wildman–Crippen MR) is 106 cm³/mol. The SMILES string of the molecule is [B]CC(=C)c1ccc2c(c1)CCc1cc3c(cc1-2)CCC([B])C3=C. The van der Waals surface area contributed by atoms with Crippen molar-refractivity contribution in [1.29, 1.82) is 0 Å². The number of hydrogen-bond donors (Lipinski definition) is 0. The molecular weight excluding hydrogens is 286 g/mol. The van der Waals surface area contributed by atoms with E-state index in [-0.39, 0.29) is 5.82 Å². The number of allylic oxidation sites excluding steroid dienone is 2. The normalized spacial score (nSPS) is 18.5. The van der Waals surface area contributed by atoms with Crippen molar-refractivity contribution >= 4 is 26.8 Å². The van der Waals surface area contributed by atoms with Crippen LogP contribution in [0.15, 0.2) is 43.5 Å². The van der Waals surface area contributed by atoms with E-state index >= 15 is 0 Å². The summed E-state index contributed by atoms with van der Waals surface area (Å²) in [6.07, 6.45) is 4.67. The van der Waals surface area contributed by atoms with Gasteiger partial charge in [-0.05, 0) is 58.2 Å². The molecule has 0 aromatic heterocycles. The Kier molecular flexibility index (Phi) is 3.79. The molecule has 0 bridgehead atoms. The van der Waals surface area contributed by atoms with Gasteiger partial charge in [0.1, 0.15) is 0 Å². The lowest BCUT2D eigenvalue weighted by molar-refractivity contribution is 0.817. The minimum Gasteiger partial charge on any atom is -0.0960 e. The summed E-state index contributed by atoms with van der Waals surface area (Å²) >= 11 is 0. The largest absolute Gasteiger partial charge is 0.0960 e. The molecule has 2 aliphatic carbocycles. The molecule has 0 nitrogen and oxygen atoms in total. The van der Waals surface area contributed by atoms with Crippen LogP contribution in [0.1, 0.15) is 34.2 Å². The van der Waals surface area contributed by atoms with E-state index < -0.39 is 0 Å². The van der Waals surface area contributed by atoms with E-state index in [1.165, 1.54) is 33.4 Å². The summed E-state index contributed by atoms with van der Waals surface area (Å²) < 4.78 is 0. The molecule has 4 radical (unpaired) electrons. The zero-order chi connectivity index (χ0) is 16.8. The fourth-order valence-electron chi connectivity index (χ4n) is 4.01. The van der Waals surface area contributed by atoms with E-state index in [0.29, 0.717) is 6.32 Å². The first-order valence-corrected chi connectivity index (χ1v) is 8.70. The first-order valence-electron chi connectivity index (χ1n) is 8.70. The van der Waals surface area contributed by atoms with Gasteiger partial charge in [0.15, 0.2) is 0 Å². The van der Waals surface area contributed by atoms with E-state index in [4.69, 9.17) is 15.7 Å². The van der Waals surface area contributed by atoms with Crippen LogP contribution in [0.25, 0.3) is 22.3 Å². The molecule has 0 saturated carbocycles. The van der Waals surface area contributed by atoms with Gasteiger partial charge in [0.25, 0.3) is 0 Å².